The van der Waals surface area contributed by atoms with Crippen molar-refractivity contribution in [1.82, 2.24) is 14.5 Å². The van der Waals surface area contributed by atoms with Crippen molar-refractivity contribution in [3.8, 4) is 0 Å². The van der Waals surface area contributed by atoms with Crippen molar-refractivity contribution in [1.29, 1.82) is 0 Å². The van der Waals surface area contributed by atoms with Crippen LogP contribution in [-0.2, 0) is 16.1 Å². The molecule has 112 valence electrons. The summed E-state index contributed by atoms with van der Waals surface area (Å²) in [6.07, 6.45) is 1.48. The number of ether oxygens (including phenoxy) is 1. The molecular weight excluding hydrogens is 290 g/mol. The lowest BCUT2D eigenvalue weighted by Gasteiger charge is -2.36. The van der Waals surface area contributed by atoms with E-state index in [-0.39, 0.29) is 30.2 Å². The average Bonchev–Trinajstić information content (AvgIpc) is 2.93. The summed E-state index contributed by atoms with van der Waals surface area (Å²) in [6.45, 7) is 5.01. The Labute approximate surface area is 126 Å². The Kier molecular flexibility index (Phi) is 3.77. The topological polar surface area (TPSA) is 64.4 Å². The van der Waals surface area contributed by atoms with Crippen LogP contribution in [0, 0.1) is 0 Å². The molecule has 0 radical (unpaired) electrons. The Morgan fingerprint density at radius 1 is 1.52 bits per heavy atom. The molecule has 0 bridgehead atoms. The lowest BCUT2D eigenvalue weighted by molar-refractivity contribution is -0.143. The molecule has 0 spiro atoms. The number of hydrogen-bond acceptors (Lipinski definition) is 5. The van der Waals surface area contributed by atoms with Crippen LogP contribution in [0.3, 0.4) is 0 Å². The number of fused-ring (bicyclic) bond motifs is 1. The van der Waals surface area contributed by atoms with Crippen LogP contribution in [0.1, 0.15) is 13.8 Å². The second-order valence-electron chi connectivity index (χ2n) is 5.36. The number of hydrogen-bond donors (Lipinski definition) is 0. The van der Waals surface area contributed by atoms with Crippen LogP contribution in [0.25, 0.3) is 10.2 Å². The molecule has 0 aliphatic carbocycles. The summed E-state index contributed by atoms with van der Waals surface area (Å²) in [5.74, 6) is -0.0730. The Balaban J connectivity index is 1.82. The lowest BCUT2D eigenvalue weighted by atomic mass is 10.2. The molecule has 1 saturated heterocycles. The van der Waals surface area contributed by atoms with E-state index in [9.17, 15) is 9.59 Å². The van der Waals surface area contributed by atoms with Crippen molar-refractivity contribution in [3.63, 3.8) is 0 Å². The van der Waals surface area contributed by atoms with Gasteiger partial charge in [-0.3, -0.25) is 14.2 Å². The zero-order valence-electron chi connectivity index (χ0n) is 12.0. The lowest BCUT2D eigenvalue weighted by Crippen LogP contribution is -2.51. The summed E-state index contributed by atoms with van der Waals surface area (Å²) >= 11 is 1.42. The van der Waals surface area contributed by atoms with E-state index < -0.39 is 0 Å². The standard InChI is InChI=1S/C14H17N3O3S/c1-9-7-20-10(2)5-17(9)12(18)6-16-8-15-13-11(14(16)19)3-4-21-13/h3-4,8-10H,5-7H2,1-2H3/t9-,10-/m1/s1. The summed E-state index contributed by atoms with van der Waals surface area (Å²) in [6, 6.07) is 1.78. The van der Waals surface area contributed by atoms with Crippen molar-refractivity contribution in [2.75, 3.05) is 13.2 Å². The Hall–Kier alpha value is -1.73. The van der Waals surface area contributed by atoms with E-state index in [1.54, 1.807) is 11.0 Å². The summed E-state index contributed by atoms with van der Waals surface area (Å²) in [7, 11) is 0. The molecule has 2 aromatic rings. The second kappa shape index (κ2) is 5.57. The zero-order chi connectivity index (χ0) is 15.0. The first-order valence-corrected chi connectivity index (χ1v) is 7.78. The molecule has 1 fully saturated rings. The van der Waals surface area contributed by atoms with Gasteiger partial charge in [0.2, 0.25) is 5.91 Å². The molecule has 2 aromatic heterocycles. The smallest absolute Gasteiger partial charge is 0.262 e. The van der Waals surface area contributed by atoms with E-state index in [2.05, 4.69) is 4.98 Å². The second-order valence-corrected chi connectivity index (χ2v) is 6.25. The van der Waals surface area contributed by atoms with Crippen molar-refractivity contribution in [3.05, 3.63) is 28.1 Å². The van der Waals surface area contributed by atoms with Gasteiger partial charge in [-0.2, -0.15) is 0 Å². The maximum atomic E-state index is 12.4. The van der Waals surface area contributed by atoms with Gasteiger partial charge in [0.1, 0.15) is 11.4 Å². The molecule has 21 heavy (non-hydrogen) atoms. The van der Waals surface area contributed by atoms with E-state index >= 15 is 0 Å². The third-order valence-corrected chi connectivity index (χ3v) is 4.50. The molecule has 1 amide bonds. The van der Waals surface area contributed by atoms with Crippen molar-refractivity contribution >= 4 is 27.5 Å². The number of rotatable bonds is 2. The third kappa shape index (κ3) is 2.71. The van der Waals surface area contributed by atoms with Crippen molar-refractivity contribution in [2.24, 2.45) is 0 Å². The first kappa shape index (κ1) is 14.2. The molecule has 0 N–H and O–H groups in total. The molecule has 0 unspecified atom stereocenters. The molecular formula is C14H17N3O3S. The maximum absolute atomic E-state index is 12.4. The highest BCUT2D eigenvalue weighted by molar-refractivity contribution is 7.16. The fraction of sp³-hybridized carbons (Fsp3) is 0.500. The summed E-state index contributed by atoms with van der Waals surface area (Å²) < 4.78 is 6.90. The van der Waals surface area contributed by atoms with Gasteiger partial charge in [-0.05, 0) is 25.3 Å². The Morgan fingerprint density at radius 2 is 2.33 bits per heavy atom. The van der Waals surface area contributed by atoms with E-state index in [0.29, 0.717) is 23.4 Å². The molecule has 0 aromatic carbocycles. The molecule has 3 heterocycles. The first-order valence-electron chi connectivity index (χ1n) is 6.90. The minimum Gasteiger partial charge on any atom is -0.375 e. The van der Waals surface area contributed by atoms with Gasteiger partial charge in [-0.1, -0.05) is 0 Å². The van der Waals surface area contributed by atoms with Gasteiger partial charge in [-0.15, -0.1) is 11.3 Å². The van der Waals surface area contributed by atoms with E-state index in [0.717, 1.165) is 0 Å². The normalized spacial score (nSPS) is 22.7. The van der Waals surface area contributed by atoms with Crippen LogP contribution in [0.4, 0.5) is 0 Å². The number of morpholine rings is 1. The highest BCUT2D eigenvalue weighted by Crippen LogP contribution is 2.14. The first-order chi connectivity index (χ1) is 10.1. The fourth-order valence-electron chi connectivity index (χ4n) is 2.49. The quantitative estimate of drug-likeness (QED) is 0.833. The minimum absolute atomic E-state index is 0.0225. The van der Waals surface area contributed by atoms with Crippen LogP contribution in [0.5, 0.6) is 0 Å². The van der Waals surface area contributed by atoms with Gasteiger partial charge < -0.3 is 9.64 Å². The Bertz CT molecular complexity index is 724. The number of carbonyl (C=O) groups is 1. The molecule has 1 aliphatic heterocycles. The summed E-state index contributed by atoms with van der Waals surface area (Å²) in [4.78, 5) is 31.4. The van der Waals surface area contributed by atoms with Gasteiger partial charge in [0.25, 0.3) is 5.56 Å². The molecule has 3 rings (SSSR count). The van der Waals surface area contributed by atoms with Gasteiger partial charge in [-0.25, -0.2) is 4.98 Å². The zero-order valence-corrected chi connectivity index (χ0v) is 12.8. The third-order valence-electron chi connectivity index (χ3n) is 3.68. The number of aromatic nitrogens is 2. The average molecular weight is 307 g/mol. The van der Waals surface area contributed by atoms with Crippen LogP contribution in [-0.4, -0.2) is 45.7 Å². The van der Waals surface area contributed by atoms with Gasteiger partial charge in [0, 0.05) is 6.54 Å². The molecule has 6 nitrogen and oxygen atoms in total. The van der Waals surface area contributed by atoms with Gasteiger partial charge >= 0.3 is 0 Å². The minimum atomic E-state index is -0.163. The van der Waals surface area contributed by atoms with Gasteiger partial charge in [0.05, 0.1) is 30.5 Å². The SMILES string of the molecule is C[C@@H]1CN(C(=O)Cn2cnc3sccc3c2=O)[C@H](C)CO1. The van der Waals surface area contributed by atoms with Crippen LogP contribution in [0.2, 0.25) is 0 Å². The van der Waals surface area contributed by atoms with Gasteiger partial charge in [0.15, 0.2) is 0 Å². The van der Waals surface area contributed by atoms with Crippen molar-refractivity contribution in [2.45, 2.75) is 32.5 Å². The summed E-state index contributed by atoms with van der Waals surface area (Å²) in [5, 5.41) is 2.40. The monoisotopic (exact) mass is 307 g/mol. The Morgan fingerprint density at radius 3 is 3.14 bits per heavy atom. The van der Waals surface area contributed by atoms with Crippen LogP contribution >= 0.6 is 11.3 Å². The molecule has 7 heteroatoms. The maximum Gasteiger partial charge on any atom is 0.262 e. The van der Waals surface area contributed by atoms with Crippen LogP contribution < -0.4 is 5.56 Å². The predicted octanol–water partition coefficient (Wildman–Crippen LogP) is 1.09. The highest BCUT2D eigenvalue weighted by Gasteiger charge is 2.27. The molecule has 1 aliphatic rings. The van der Waals surface area contributed by atoms with Crippen LogP contribution in [0.15, 0.2) is 22.6 Å². The van der Waals surface area contributed by atoms with E-state index in [1.807, 2.05) is 19.2 Å². The number of amides is 1. The number of carbonyl (C=O) groups excluding carboxylic acids is 1. The number of nitrogens with zero attached hydrogens (tertiary/aromatic N) is 3. The summed E-state index contributed by atoms with van der Waals surface area (Å²) in [5.41, 5.74) is -0.163. The highest BCUT2D eigenvalue weighted by atomic mass is 32.1. The number of thiophene rings is 1. The largest absolute Gasteiger partial charge is 0.375 e. The van der Waals surface area contributed by atoms with E-state index in [4.69, 9.17) is 4.74 Å². The van der Waals surface area contributed by atoms with Crippen molar-refractivity contribution < 1.29 is 9.53 Å². The fourth-order valence-corrected chi connectivity index (χ4v) is 3.22. The molecule has 2 atom stereocenters. The molecule has 0 saturated carbocycles. The predicted molar refractivity (Wildman–Crippen MR) is 80.5 cm³/mol. The van der Waals surface area contributed by atoms with E-state index in [1.165, 1.54) is 22.2 Å².